The van der Waals surface area contributed by atoms with Gasteiger partial charge in [-0.15, -0.1) is 0 Å². The predicted octanol–water partition coefficient (Wildman–Crippen LogP) is 3.28. The highest BCUT2D eigenvalue weighted by Gasteiger charge is 2.27. The van der Waals surface area contributed by atoms with E-state index in [0.29, 0.717) is 5.92 Å². The zero-order chi connectivity index (χ0) is 15.4. The first-order chi connectivity index (χ1) is 10.8. The summed E-state index contributed by atoms with van der Waals surface area (Å²) in [5, 5.41) is 10.9. The molecule has 118 valence electrons. The van der Waals surface area contributed by atoms with Crippen molar-refractivity contribution in [3.63, 3.8) is 0 Å². The van der Waals surface area contributed by atoms with Crippen LogP contribution in [0.25, 0.3) is 0 Å². The molecular weight excluding hydrogens is 274 g/mol. The number of hydrogen-bond donors (Lipinski definition) is 2. The second-order valence-electron chi connectivity index (χ2n) is 6.15. The van der Waals surface area contributed by atoms with Crippen LogP contribution in [0.3, 0.4) is 0 Å². The molecule has 1 aliphatic rings. The molecule has 4 heteroatoms. The number of H-pyrrole nitrogens is 1. The Kier molecular flexibility index (Phi) is 4.90. The fourth-order valence-corrected chi connectivity index (χ4v) is 3.28. The van der Waals surface area contributed by atoms with Gasteiger partial charge in [0.05, 0.1) is 11.8 Å². The van der Waals surface area contributed by atoms with Crippen LogP contribution in [-0.2, 0) is 11.3 Å². The molecule has 2 atom stereocenters. The van der Waals surface area contributed by atoms with E-state index in [0.717, 1.165) is 37.5 Å². The van der Waals surface area contributed by atoms with Crippen molar-refractivity contribution in [1.29, 1.82) is 0 Å². The average Bonchev–Trinajstić information content (AvgIpc) is 2.88. The molecule has 22 heavy (non-hydrogen) atoms. The number of aromatic nitrogens is 2. The highest BCUT2D eigenvalue weighted by molar-refractivity contribution is 5.23. The summed E-state index contributed by atoms with van der Waals surface area (Å²) in [4.78, 5) is 0. The quantitative estimate of drug-likeness (QED) is 0.891. The molecule has 0 saturated carbocycles. The molecule has 1 fully saturated rings. The Labute approximate surface area is 132 Å². The van der Waals surface area contributed by atoms with Crippen molar-refractivity contribution in [1.82, 2.24) is 15.5 Å². The topological polar surface area (TPSA) is 49.9 Å². The second-order valence-corrected chi connectivity index (χ2v) is 6.15. The molecule has 4 nitrogen and oxygen atoms in total. The maximum absolute atomic E-state index is 6.05. The maximum Gasteiger partial charge on any atom is 0.0865 e. The lowest BCUT2D eigenvalue weighted by Gasteiger charge is -2.32. The molecule has 0 spiro atoms. The lowest BCUT2D eigenvalue weighted by Crippen LogP contribution is -2.31. The van der Waals surface area contributed by atoms with E-state index >= 15 is 0 Å². The molecule has 2 N–H and O–H groups in total. The van der Waals surface area contributed by atoms with E-state index in [2.05, 4.69) is 59.7 Å². The number of rotatable bonds is 5. The summed E-state index contributed by atoms with van der Waals surface area (Å²) in [6.45, 7) is 6.84. The van der Waals surface area contributed by atoms with E-state index < -0.39 is 0 Å². The summed E-state index contributed by atoms with van der Waals surface area (Å²) in [5.41, 5.74) is 4.83. The summed E-state index contributed by atoms with van der Waals surface area (Å²) >= 11 is 0. The van der Waals surface area contributed by atoms with E-state index in [4.69, 9.17) is 4.74 Å². The van der Waals surface area contributed by atoms with Gasteiger partial charge in [0.1, 0.15) is 0 Å². The van der Waals surface area contributed by atoms with Crippen LogP contribution in [0, 0.1) is 19.8 Å². The lowest BCUT2D eigenvalue weighted by molar-refractivity contribution is -0.0278. The van der Waals surface area contributed by atoms with Crippen LogP contribution in [0.4, 0.5) is 0 Å². The molecule has 1 aromatic heterocycles. The molecule has 0 unspecified atom stereocenters. The first kappa shape index (κ1) is 15.3. The minimum Gasteiger partial charge on any atom is -0.373 e. The van der Waals surface area contributed by atoms with Crippen molar-refractivity contribution in [2.45, 2.75) is 39.3 Å². The SMILES string of the molecule is Cc1n[nH]c(C)c1CNC[C@H]1CCCO[C@@H]1c1ccccc1. The molecule has 2 heterocycles. The first-order valence-electron chi connectivity index (χ1n) is 8.13. The molecule has 1 saturated heterocycles. The number of nitrogens with one attached hydrogen (secondary N) is 2. The minimum atomic E-state index is 0.217. The van der Waals surface area contributed by atoms with Gasteiger partial charge >= 0.3 is 0 Å². The number of ether oxygens (including phenoxy) is 1. The molecule has 0 aliphatic carbocycles. The Morgan fingerprint density at radius 1 is 1.27 bits per heavy atom. The van der Waals surface area contributed by atoms with Crippen molar-refractivity contribution < 1.29 is 4.74 Å². The van der Waals surface area contributed by atoms with E-state index in [1.54, 1.807) is 0 Å². The van der Waals surface area contributed by atoms with Crippen molar-refractivity contribution in [3.8, 4) is 0 Å². The van der Waals surface area contributed by atoms with Gasteiger partial charge in [-0.3, -0.25) is 5.10 Å². The fraction of sp³-hybridized carbons (Fsp3) is 0.500. The molecular formula is C18H25N3O. The number of hydrogen-bond acceptors (Lipinski definition) is 3. The van der Waals surface area contributed by atoms with Gasteiger partial charge in [0.2, 0.25) is 0 Å². The third-order valence-electron chi connectivity index (χ3n) is 4.56. The van der Waals surface area contributed by atoms with Gasteiger partial charge < -0.3 is 10.1 Å². The Morgan fingerprint density at radius 3 is 2.82 bits per heavy atom. The van der Waals surface area contributed by atoms with Crippen LogP contribution in [-0.4, -0.2) is 23.3 Å². The van der Waals surface area contributed by atoms with E-state index in [-0.39, 0.29) is 6.10 Å². The highest BCUT2D eigenvalue weighted by Crippen LogP contribution is 2.33. The van der Waals surface area contributed by atoms with Gasteiger partial charge in [0, 0.05) is 36.9 Å². The second kappa shape index (κ2) is 7.07. The zero-order valence-electron chi connectivity index (χ0n) is 13.4. The van der Waals surface area contributed by atoms with E-state index in [9.17, 15) is 0 Å². The average molecular weight is 299 g/mol. The number of aryl methyl sites for hydroxylation is 2. The zero-order valence-corrected chi connectivity index (χ0v) is 13.4. The minimum absolute atomic E-state index is 0.217. The predicted molar refractivity (Wildman–Crippen MR) is 87.6 cm³/mol. The monoisotopic (exact) mass is 299 g/mol. The standard InChI is InChI=1S/C18H25N3O/c1-13-17(14(2)21-20-13)12-19-11-16-9-6-10-22-18(16)15-7-4-3-5-8-15/h3-5,7-8,16,18-19H,6,9-12H2,1-2H3,(H,20,21)/t16-,18-/m1/s1. The van der Waals surface area contributed by atoms with Crippen molar-refractivity contribution >= 4 is 0 Å². The van der Waals surface area contributed by atoms with Crippen LogP contribution >= 0.6 is 0 Å². The molecule has 1 aromatic carbocycles. The third-order valence-corrected chi connectivity index (χ3v) is 4.56. The van der Waals surface area contributed by atoms with Crippen LogP contribution < -0.4 is 5.32 Å². The van der Waals surface area contributed by atoms with Crippen LogP contribution in [0.2, 0.25) is 0 Å². The first-order valence-corrected chi connectivity index (χ1v) is 8.13. The van der Waals surface area contributed by atoms with Gasteiger partial charge in [-0.05, 0) is 32.3 Å². The molecule has 1 aliphatic heterocycles. The number of benzene rings is 1. The Bertz CT molecular complexity index is 574. The van der Waals surface area contributed by atoms with Gasteiger partial charge in [-0.25, -0.2) is 0 Å². The summed E-state index contributed by atoms with van der Waals surface area (Å²) in [6.07, 6.45) is 2.59. The molecule has 2 aromatic rings. The summed E-state index contributed by atoms with van der Waals surface area (Å²) in [6, 6.07) is 10.6. The summed E-state index contributed by atoms with van der Waals surface area (Å²) in [5.74, 6) is 0.531. The largest absolute Gasteiger partial charge is 0.373 e. The molecule has 0 radical (unpaired) electrons. The number of nitrogens with zero attached hydrogens (tertiary/aromatic N) is 1. The summed E-state index contributed by atoms with van der Waals surface area (Å²) < 4.78 is 6.05. The van der Waals surface area contributed by atoms with E-state index in [1.165, 1.54) is 17.5 Å². The van der Waals surface area contributed by atoms with Crippen LogP contribution in [0.5, 0.6) is 0 Å². The normalized spacial score (nSPS) is 21.9. The maximum atomic E-state index is 6.05. The molecule has 3 rings (SSSR count). The highest BCUT2D eigenvalue weighted by atomic mass is 16.5. The molecule has 0 bridgehead atoms. The smallest absolute Gasteiger partial charge is 0.0865 e. The number of aromatic amines is 1. The van der Waals surface area contributed by atoms with Gasteiger partial charge in [0.25, 0.3) is 0 Å². The van der Waals surface area contributed by atoms with Crippen molar-refractivity contribution in [2.24, 2.45) is 5.92 Å². The van der Waals surface area contributed by atoms with Gasteiger partial charge in [-0.1, -0.05) is 30.3 Å². The van der Waals surface area contributed by atoms with E-state index in [1.807, 2.05) is 0 Å². The van der Waals surface area contributed by atoms with Crippen molar-refractivity contribution in [3.05, 3.63) is 52.8 Å². The Hall–Kier alpha value is -1.65. The third kappa shape index (κ3) is 3.39. The van der Waals surface area contributed by atoms with Crippen molar-refractivity contribution in [2.75, 3.05) is 13.2 Å². The Balaban J connectivity index is 1.60. The van der Waals surface area contributed by atoms with Crippen LogP contribution in [0.1, 0.15) is 41.5 Å². The van der Waals surface area contributed by atoms with Gasteiger partial charge in [0.15, 0.2) is 0 Å². The van der Waals surface area contributed by atoms with Gasteiger partial charge in [-0.2, -0.15) is 5.10 Å². The van der Waals surface area contributed by atoms with Crippen LogP contribution in [0.15, 0.2) is 30.3 Å². The lowest BCUT2D eigenvalue weighted by atomic mass is 9.89. The summed E-state index contributed by atoms with van der Waals surface area (Å²) in [7, 11) is 0. The Morgan fingerprint density at radius 2 is 2.09 bits per heavy atom. The fourth-order valence-electron chi connectivity index (χ4n) is 3.28. The molecule has 0 amide bonds.